The van der Waals surface area contributed by atoms with Gasteiger partial charge in [0.1, 0.15) is 0 Å². The largest absolute Gasteiger partial charge is 0.396 e. The molecule has 0 aliphatic carbocycles. The first-order chi connectivity index (χ1) is 6.27. The van der Waals surface area contributed by atoms with Gasteiger partial charge in [0.15, 0.2) is 0 Å². The molecule has 4 nitrogen and oxygen atoms in total. The smallest absolute Gasteiger partial charge is 0.0895 e. The highest BCUT2D eigenvalue weighted by Crippen LogP contribution is 2.23. The number of hydrogen-bond acceptors (Lipinski definition) is 3. The van der Waals surface area contributed by atoms with Crippen molar-refractivity contribution in [3.8, 4) is 11.3 Å². The number of rotatable bonds is 1. The highest BCUT2D eigenvalue weighted by Gasteiger charge is 2.04. The molecule has 2 rings (SSSR count). The van der Waals surface area contributed by atoms with Crippen LogP contribution in [0.5, 0.6) is 0 Å². The topological polar surface area (TPSA) is 67.6 Å². The van der Waals surface area contributed by atoms with E-state index in [0.717, 1.165) is 15.7 Å². The molecule has 5 heteroatoms. The number of halogens is 1. The lowest BCUT2D eigenvalue weighted by molar-refractivity contribution is 1.09. The summed E-state index contributed by atoms with van der Waals surface area (Å²) in [5.74, 6) is 0. The molecule has 2 heterocycles. The quantitative estimate of drug-likeness (QED) is 0.797. The van der Waals surface area contributed by atoms with E-state index in [1.54, 1.807) is 18.6 Å². The average molecular weight is 239 g/mol. The van der Waals surface area contributed by atoms with Crippen LogP contribution in [0.1, 0.15) is 0 Å². The van der Waals surface area contributed by atoms with Gasteiger partial charge in [-0.05, 0) is 22.0 Å². The monoisotopic (exact) mass is 238 g/mol. The van der Waals surface area contributed by atoms with E-state index in [9.17, 15) is 0 Å². The molecule has 13 heavy (non-hydrogen) atoms. The zero-order chi connectivity index (χ0) is 9.26. The van der Waals surface area contributed by atoms with Crippen LogP contribution in [-0.4, -0.2) is 15.2 Å². The van der Waals surface area contributed by atoms with Crippen molar-refractivity contribution in [3.05, 3.63) is 29.1 Å². The van der Waals surface area contributed by atoms with E-state index < -0.39 is 0 Å². The van der Waals surface area contributed by atoms with E-state index in [0.29, 0.717) is 5.69 Å². The fraction of sp³-hybridized carbons (Fsp3) is 0. The molecule has 66 valence electrons. The predicted octanol–water partition coefficient (Wildman–Crippen LogP) is 1.82. The standard InChI is InChI=1S/C8H7BrN4/c9-6-1-5(2-11-3-6)8-7(10)4-12-13-8/h1-4H,10H2,(H,12,13). The summed E-state index contributed by atoms with van der Waals surface area (Å²) < 4.78 is 0.916. The number of nitrogens with one attached hydrogen (secondary N) is 1. The minimum absolute atomic E-state index is 0.625. The van der Waals surface area contributed by atoms with Crippen molar-refractivity contribution in [3.63, 3.8) is 0 Å². The molecule has 0 saturated carbocycles. The van der Waals surface area contributed by atoms with Gasteiger partial charge >= 0.3 is 0 Å². The molecule has 0 aromatic carbocycles. The van der Waals surface area contributed by atoms with Crippen LogP contribution < -0.4 is 5.73 Å². The molecule has 0 aliphatic heterocycles. The molecule has 0 atom stereocenters. The van der Waals surface area contributed by atoms with Crippen molar-refractivity contribution in [2.24, 2.45) is 0 Å². The number of hydrogen-bond donors (Lipinski definition) is 2. The van der Waals surface area contributed by atoms with Crippen LogP contribution in [0, 0.1) is 0 Å². The maximum absolute atomic E-state index is 5.69. The van der Waals surface area contributed by atoms with E-state index in [1.807, 2.05) is 6.07 Å². The van der Waals surface area contributed by atoms with Gasteiger partial charge in [-0.25, -0.2) is 0 Å². The van der Waals surface area contributed by atoms with Gasteiger partial charge in [-0.2, -0.15) is 5.10 Å². The second-order valence-corrected chi connectivity index (χ2v) is 3.51. The summed E-state index contributed by atoms with van der Waals surface area (Å²) in [6.45, 7) is 0. The molecular weight excluding hydrogens is 232 g/mol. The van der Waals surface area contributed by atoms with E-state index in [1.165, 1.54) is 0 Å². The van der Waals surface area contributed by atoms with Crippen molar-refractivity contribution >= 4 is 21.6 Å². The molecule has 0 spiro atoms. The summed E-state index contributed by atoms with van der Waals surface area (Å²) in [6, 6.07) is 1.93. The van der Waals surface area contributed by atoms with Gasteiger partial charge in [0.05, 0.1) is 17.6 Å². The molecule has 0 fully saturated rings. The van der Waals surface area contributed by atoms with Gasteiger partial charge in [-0.15, -0.1) is 0 Å². The van der Waals surface area contributed by atoms with Crippen molar-refractivity contribution < 1.29 is 0 Å². The highest BCUT2D eigenvalue weighted by atomic mass is 79.9. The fourth-order valence-electron chi connectivity index (χ4n) is 1.08. The minimum Gasteiger partial charge on any atom is -0.396 e. The summed E-state index contributed by atoms with van der Waals surface area (Å²) in [6.07, 6.45) is 5.03. The number of aromatic nitrogens is 3. The third-order valence-corrected chi connectivity index (χ3v) is 2.10. The first-order valence-electron chi connectivity index (χ1n) is 3.67. The average Bonchev–Trinajstić information content (AvgIpc) is 2.51. The van der Waals surface area contributed by atoms with Gasteiger partial charge in [-0.3, -0.25) is 10.1 Å². The van der Waals surface area contributed by atoms with Crippen molar-refractivity contribution in [1.82, 2.24) is 15.2 Å². The van der Waals surface area contributed by atoms with E-state index in [-0.39, 0.29) is 0 Å². The first kappa shape index (κ1) is 8.25. The Morgan fingerprint density at radius 2 is 2.15 bits per heavy atom. The number of nitrogens with zero attached hydrogens (tertiary/aromatic N) is 2. The zero-order valence-corrected chi connectivity index (χ0v) is 8.25. The summed E-state index contributed by atoms with van der Waals surface area (Å²) in [5, 5.41) is 6.65. The van der Waals surface area contributed by atoms with Crippen LogP contribution in [0.2, 0.25) is 0 Å². The van der Waals surface area contributed by atoms with Gasteiger partial charge in [0, 0.05) is 22.4 Å². The third-order valence-electron chi connectivity index (χ3n) is 1.66. The normalized spacial score (nSPS) is 10.2. The summed E-state index contributed by atoms with van der Waals surface area (Å²) >= 11 is 3.33. The van der Waals surface area contributed by atoms with Gasteiger partial charge in [0.2, 0.25) is 0 Å². The van der Waals surface area contributed by atoms with Crippen molar-refractivity contribution in [2.75, 3.05) is 5.73 Å². The number of anilines is 1. The van der Waals surface area contributed by atoms with Crippen LogP contribution in [0.15, 0.2) is 29.1 Å². The molecule has 0 aliphatic rings. The molecule has 0 unspecified atom stereocenters. The molecule has 0 amide bonds. The summed E-state index contributed by atoms with van der Waals surface area (Å²) in [5.41, 5.74) is 8.03. The lowest BCUT2D eigenvalue weighted by Gasteiger charge is -1.98. The number of H-pyrrole nitrogens is 1. The third kappa shape index (κ3) is 1.55. The Bertz CT molecular complexity index is 424. The Morgan fingerprint density at radius 1 is 1.31 bits per heavy atom. The predicted molar refractivity (Wildman–Crippen MR) is 53.9 cm³/mol. The maximum Gasteiger partial charge on any atom is 0.0895 e. The lowest BCUT2D eigenvalue weighted by atomic mass is 10.2. The second-order valence-electron chi connectivity index (χ2n) is 2.59. The van der Waals surface area contributed by atoms with Crippen LogP contribution >= 0.6 is 15.9 Å². The second kappa shape index (κ2) is 3.18. The Kier molecular flexibility index (Phi) is 2.02. The van der Waals surface area contributed by atoms with Crippen LogP contribution in [-0.2, 0) is 0 Å². The molecule has 0 saturated heterocycles. The Hall–Kier alpha value is -1.36. The van der Waals surface area contributed by atoms with Crippen LogP contribution in [0.25, 0.3) is 11.3 Å². The maximum atomic E-state index is 5.69. The highest BCUT2D eigenvalue weighted by molar-refractivity contribution is 9.10. The Morgan fingerprint density at radius 3 is 2.77 bits per heavy atom. The van der Waals surface area contributed by atoms with E-state index in [2.05, 4.69) is 31.1 Å². The summed E-state index contributed by atoms with van der Waals surface area (Å²) in [7, 11) is 0. The van der Waals surface area contributed by atoms with Gasteiger partial charge in [-0.1, -0.05) is 0 Å². The van der Waals surface area contributed by atoms with Crippen molar-refractivity contribution in [2.45, 2.75) is 0 Å². The Balaban J connectivity index is 2.53. The minimum atomic E-state index is 0.625. The SMILES string of the molecule is Nc1cn[nH]c1-c1cncc(Br)c1. The summed E-state index contributed by atoms with van der Waals surface area (Å²) in [4.78, 5) is 4.03. The number of nitrogens with two attached hydrogens (primary N) is 1. The van der Waals surface area contributed by atoms with E-state index in [4.69, 9.17) is 5.73 Å². The van der Waals surface area contributed by atoms with Crippen LogP contribution in [0.3, 0.4) is 0 Å². The molecule has 3 N–H and O–H groups in total. The Labute approximate surface area is 83.3 Å². The molecule has 0 bridgehead atoms. The molecular formula is C8H7BrN4. The lowest BCUT2D eigenvalue weighted by Crippen LogP contribution is -1.87. The van der Waals surface area contributed by atoms with E-state index >= 15 is 0 Å². The molecule has 2 aromatic heterocycles. The molecule has 0 radical (unpaired) electrons. The van der Waals surface area contributed by atoms with Gasteiger partial charge in [0.25, 0.3) is 0 Å². The zero-order valence-electron chi connectivity index (χ0n) is 6.66. The first-order valence-corrected chi connectivity index (χ1v) is 4.46. The number of pyridine rings is 1. The molecule has 2 aromatic rings. The number of nitrogen functional groups attached to an aromatic ring is 1. The van der Waals surface area contributed by atoms with Crippen molar-refractivity contribution in [1.29, 1.82) is 0 Å². The number of aromatic amines is 1. The van der Waals surface area contributed by atoms with Crippen LogP contribution in [0.4, 0.5) is 5.69 Å². The van der Waals surface area contributed by atoms with Gasteiger partial charge < -0.3 is 5.73 Å². The fourth-order valence-corrected chi connectivity index (χ4v) is 1.44.